The molecule has 0 spiro atoms. The second kappa shape index (κ2) is 6.76. The van der Waals surface area contributed by atoms with Crippen LogP contribution in [0.1, 0.15) is 36.0 Å². The summed E-state index contributed by atoms with van der Waals surface area (Å²) in [4.78, 5) is 14.8. The first-order valence-corrected chi connectivity index (χ1v) is 8.74. The maximum atomic E-state index is 12.5. The fraction of sp³-hybridized carbons (Fsp3) is 0.500. The summed E-state index contributed by atoms with van der Waals surface area (Å²) in [5.74, 6) is 0.0506. The van der Waals surface area contributed by atoms with Crippen LogP contribution in [0, 0.1) is 3.57 Å². The molecule has 1 fully saturated rings. The van der Waals surface area contributed by atoms with Crippen LogP contribution in [0.25, 0.3) is 0 Å². The van der Waals surface area contributed by atoms with E-state index in [1.54, 1.807) is 6.07 Å². The predicted molar refractivity (Wildman–Crippen MR) is 91.2 cm³/mol. The minimum atomic E-state index is 0.0506. The van der Waals surface area contributed by atoms with Gasteiger partial charge >= 0.3 is 0 Å². The van der Waals surface area contributed by atoms with Gasteiger partial charge in [0.1, 0.15) is 0 Å². The van der Waals surface area contributed by atoms with E-state index < -0.39 is 0 Å². The van der Waals surface area contributed by atoms with Gasteiger partial charge in [-0.05, 0) is 53.6 Å². The zero-order valence-electron chi connectivity index (χ0n) is 10.7. The number of carbonyl (C=O) groups is 1. The summed E-state index contributed by atoms with van der Waals surface area (Å²) in [5, 5.41) is 0.638. The van der Waals surface area contributed by atoms with Crippen molar-refractivity contribution < 1.29 is 4.79 Å². The Morgan fingerprint density at radius 3 is 2.74 bits per heavy atom. The van der Waals surface area contributed by atoms with Gasteiger partial charge in [-0.3, -0.25) is 4.79 Å². The average Bonchev–Trinajstić information content (AvgIpc) is 2.41. The topological polar surface area (TPSA) is 20.3 Å². The lowest BCUT2D eigenvalue weighted by atomic mass is 9.94. The van der Waals surface area contributed by atoms with Crippen LogP contribution >= 0.6 is 50.1 Å². The maximum Gasteiger partial charge on any atom is 0.253 e. The molecule has 19 heavy (non-hydrogen) atoms. The van der Waals surface area contributed by atoms with Crippen LogP contribution in [0.5, 0.6) is 0 Å². The molecule has 2 nitrogen and oxygen atoms in total. The van der Waals surface area contributed by atoms with Gasteiger partial charge < -0.3 is 4.90 Å². The largest absolute Gasteiger partial charge is 0.338 e. The van der Waals surface area contributed by atoms with Crippen molar-refractivity contribution in [3.05, 3.63) is 32.4 Å². The van der Waals surface area contributed by atoms with E-state index in [2.05, 4.69) is 38.5 Å². The second-order valence-corrected chi connectivity index (χ2v) is 7.66. The van der Waals surface area contributed by atoms with Crippen LogP contribution < -0.4 is 0 Å². The van der Waals surface area contributed by atoms with Crippen molar-refractivity contribution in [2.24, 2.45) is 0 Å². The molecule has 0 heterocycles. The first-order chi connectivity index (χ1) is 9.00. The Morgan fingerprint density at radius 1 is 1.42 bits per heavy atom. The fourth-order valence-corrected chi connectivity index (χ4v) is 3.94. The molecule has 1 aliphatic carbocycles. The molecule has 1 amide bonds. The van der Waals surface area contributed by atoms with Gasteiger partial charge in [0, 0.05) is 27.1 Å². The highest BCUT2D eigenvalue weighted by molar-refractivity contribution is 14.1. The molecule has 0 saturated heterocycles. The number of benzene rings is 1. The van der Waals surface area contributed by atoms with Crippen LogP contribution in [-0.2, 0) is 0 Å². The number of nitrogens with zero attached hydrogens (tertiary/aromatic N) is 1. The van der Waals surface area contributed by atoms with Crippen molar-refractivity contribution in [3.63, 3.8) is 0 Å². The van der Waals surface area contributed by atoms with Gasteiger partial charge in [0.05, 0.1) is 5.02 Å². The van der Waals surface area contributed by atoms with Gasteiger partial charge in [0.2, 0.25) is 0 Å². The third-order valence-electron chi connectivity index (χ3n) is 3.63. The molecular weight excluding hydrogens is 440 g/mol. The molecule has 0 radical (unpaired) electrons. The average molecular weight is 457 g/mol. The molecule has 2 unspecified atom stereocenters. The molecule has 2 atom stereocenters. The van der Waals surface area contributed by atoms with Crippen LogP contribution in [0.3, 0.4) is 0 Å². The van der Waals surface area contributed by atoms with Crippen LogP contribution in [0.4, 0.5) is 0 Å². The molecular formula is C14H16BrClINO. The minimum absolute atomic E-state index is 0.0506. The second-order valence-electron chi connectivity index (χ2n) is 4.91. The summed E-state index contributed by atoms with van der Waals surface area (Å²) in [5.41, 5.74) is 0.665. The number of alkyl halides is 1. The van der Waals surface area contributed by atoms with E-state index in [1.807, 2.05) is 24.1 Å². The SMILES string of the molecule is CN(C(=O)c1ccc(I)c(Cl)c1)C1CCCCC1Br. The number of carbonyl (C=O) groups excluding carboxylic acids is 1. The van der Waals surface area contributed by atoms with Crippen molar-refractivity contribution in [2.75, 3.05) is 7.05 Å². The van der Waals surface area contributed by atoms with Gasteiger partial charge in [0.25, 0.3) is 5.91 Å². The van der Waals surface area contributed by atoms with E-state index in [9.17, 15) is 4.79 Å². The van der Waals surface area contributed by atoms with Gasteiger partial charge in [-0.25, -0.2) is 0 Å². The number of amides is 1. The Morgan fingerprint density at radius 2 is 2.11 bits per heavy atom. The Kier molecular flexibility index (Phi) is 5.55. The normalized spacial score (nSPS) is 23.2. The van der Waals surface area contributed by atoms with Gasteiger partial charge in [-0.1, -0.05) is 40.4 Å². The molecule has 1 saturated carbocycles. The first-order valence-electron chi connectivity index (χ1n) is 6.37. The number of hydrogen-bond acceptors (Lipinski definition) is 1. The molecule has 1 aromatic carbocycles. The van der Waals surface area contributed by atoms with Gasteiger partial charge in [0.15, 0.2) is 0 Å². The Balaban J connectivity index is 2.15. The lowest BCUT2D eigenvalue weighted by Gasteiger charge is -2.35. The first kappa shape index (κ1) is 15.6. The Hall–Kier alpha value is 0.190. The Labute approximate surface area is 141 Å². The third-order valence-corrected chi connectivity index (χ3v) is 6.27. The highest BCUT2D eigenvalue weighted by atomic mass is 127. The summed E-state index contributed by atoms with van der Waals surface area (Å²) < 4.78 is 0.967. The molecule has 5 heteroatoms. The molecule has 1 aliphatic rings. The van der Waals surface area contributed by atoms with Crippen molar-refractivity contribution in [1.82, 2.24) is 4.90 Å². The molecule has 1 aromatic rings. The third kappa shape index (κ3) is 3.64. The number of hydrogen-bond donors (Lipinski definition) is 0. The summed E-state index contributed by atoms with van der Waals surface area (Å²) in [7, 11) is 1.89. The smallest absolute Gasteiger partial charge is 0.253 e. The van der Waals surface area contributed by atoms with Gasteiger partial charge in [-0.15, -0.1) is 0 Å². The van der Waals surface area contributed by atoms with E-state index in [-0.39, 0.29) is 11.9 Å². The fourth-order valence-electron chi connectivity index (χ4n) is 2.49. The van der Waals surface area contributed by atoms with Crippen molar-refractivity contribution in [3.8, 4) is 0 Å². The number of rotatable bonds is 2. The molecule has 0 aliphatic heterocycles. The van der Waals surface area contributed by atoms with Crippen molar-refractivity contribution in [2.45, 2.75) is 36.6 Å². The Bertz CT molecular complexity index is 483. The summed E-state index contributed by atoms with van der Waals surface area (Å²) in [6.45, 7) is 0. The molecule has 104 valence electrons. The summed E-state index contributed by atoms with van der Waals surface area (Å²) in [6, 6.07) is 5.77. The van der Waals surface area contributed by atoms with Crippen LogP contribution in [-0.4, -0.2) is 28.7 Å². The molecule has 0 N–H and O–H groups in total. The zero-order chi connectivity index (χ0) is 14.0. The lowest BCUT2D eigenvalue weighted by molar-refractivity contribution is 0.0705. The highest BCUT2D eigenvalue weighted by Gasteiger charge is 2.29. The van der Waals surface area contributed by atoms with Gasteiger partial charge in [-0.2, -0.15) is 0 Å². The standard InChI is InChI=1S/C14H16BrClINO/c1-18(13-5-3-2-4-10(13)15)14(19)9-6-7-12(17)11(16)8-9/h6-8,10,13H,2-5H2,1H3. The molecule has 0 aromatic heterocycles. The van der Waals surface area contributed by atoms with E-state index in [0.717, 1.165) is 16.4 Å². The van der Waals surface area contributed by atoms with E-state index in [0.29, 0.717) is 15.4 Å². The molecule has 2 rings (SSSR count). The van der Waals surface area contributed by atoms with Crippen LogP contribution in [0.15, 0.2) is 18.2 Å². The number of halogens is 3. The monoisotopic (exact) mass is 455 g/mol. The van der Waals surface area contributed by atoms with E-state index in [1.165, 1.54) is 12.8 Å². The van der Waals surface area contributed by atoms with Crippen LogP contribution in [0.2, 0.25) is 5.02 Å². The van der Waals surface area contributed by atoms with E-state index in [4.69, 9.17) is 11.6 Å². The predicted octanol–water partition coefficient (Wildman–Crippen LogP) is 4.72. The minimum Gasteiger partial charge on any atom is -0.338 e. The lowest BCUT2D eigenvalue weighted by Crippen LogP contribution is -2.44. The zero-order valence-corrected chi connectivity index (χ0v) is 15.2. The highest BCUT2D eigenvalue weighted by Crippen LogP contribution is 2.29. The summed E-state index contributed by atoms with van der Waals surface area (Å²) in [6.07, 6.45) is 4.63. The summed E-state index contributed by atoms with van der Waals surface area (Å²) >= 11 is 12.0. The van der Waals surface area contributed by atoms with E-state index >= 15 is 0 Å². The van der Waals surface area contributed by atoms with Crippen molar-refractivity contribution in [1.29, 1.82) is 0 Å². The quantitative estimate of drug-likeness (QED) is 0.466. The van der Waals surface area contributed by atoms with Crippen molar-refractivity contribution >= 4 is 56.0 Å². The molecule has 0 bridgehead atoms. The maximum absolute atomic E-state index is 12.5.